The van der Waals surface area contributed by atoms with Gasteiger partial charge in [-0.3, -0.25) is 4.79 Å². The fourth-order valence-electron chi connectivity index (χ4n) is 9.56. The number of aliphatic hydroxyl groups is 4. The van der Waals surface area contributed by atoms with Gasteiger partial charge < -0.3 is 29.9 Å². The van der Waals surface area contributed by atoms with Gasteiger partial charge in [-0.05, 0) is 114 Å². The largest absolute Gasteiger partial charge is 0.390 e. The van der Waals surface area contributed by atoms with Gasteiger partial charge in [-0.15, -0.1) is 0 Å². The van der Waals surface area contributed by atoms with Crippen molar-refractivity contribution in [3.8, 4) is 0 Å². The molecule has 0 amide bonds. The zero-order valence-corrected chi connectivity index (χ0v) is 24.6. The third kappa shape index (κ3) is 3.93. The van der Waals surface area contributed by atoms with Crippen molar-refractivity contribution in [2.75, 3.05) is 0 Å². The summed E-state index contributed by atoms with van der Waals surface area (Å²) in [5.74, 6) is -1.20. The zero-order chi connectivity index (χ0) is 28.3. The molecule has 1 saturated heterocycles. The summed E-state index contributed by atoms with van der Waals surface area (Å²) in [5, 5.41) is 44.2. The van der Waals surface area contributed by atoms with E-state index in [2.05, 4.69) is 20.8 Å². The lowest BCUT2D eigenvalue weighted by Gasteiger charge is -2.60. The van der Waals surface area contributed by atoms with E-state index in [-0.39, 0.29) is 42.0 Å². The van der Waals surface area contributed by atoms with E-state index in [0.29, 0.717) is 19.3 Å². The Kier molecular flexibility index (Phi) is 6.49. The van der Waals surface area contributed by atoms with Crippen molar-refractivity contribution >= 4 is 5.78 Å². The number of ether oxygens (including phenoxy) is 2. The lowest BCUT2D eigenvalue weighted by molar-refractivity contribution is -0.191. The SMILES string of the molecule is CC(CC1OC(C)(C)OC1(C)C1CCC2(O)C3=CC(=O)C4CC(O)C(O)CC4(C)C3CCC12C)C(C)(C)O. The topological polar surface area (TPSA) is 116 Å². The second-order valence-electron chi connectivity index (χ2n) is 15.2. The van der Waals surface area contributed by atoms with Gasteiger partial charge in [0.25, 0.3) is 0 Å². The van der Waals surface area contributed by atoms with Gasteiger partial charge in [-0.25, -0.2) is 0 Å². The minimum absolute atomic E-state index is 0.0120. The number of ketones is 1. The maximum atomic E-state index is 13.5. The molecule has 0 radical (unpaired) electrons. The monoisotopic (exact) mass is 534 g/mol. The van der Waals surface area contributed by atoms with Crippen molar-refractivity contribution < 1.29 is 34.7 Å². The van der Waals surface area contributed by atoms with Gasteiger partial charge in [0.1, 0.15) is 0 Å². The van der Waals surface area contributed by atoms with Crippen molar-refractivity contribution in [1.29, 1.82) is 0 Å². The van der Waals surface area contributed by atoms with Gasteiger partial charge in [-0.2, -0.15) is 0 Å². The number of allylic oxidation sites excluding steroid dienone is 1. The molecule has 7 heteroatoms. The second kappa shape index (κ2) is 8.59. The van der Waals surface area contributed by atoms with Gasteiger partial charge in [0, 0.05) is 11.3 Å². The van der Waals surface area contributed by atoms with E-state index in [1.807, 2.05) is 34.6 Å². The van der Waals surface area contributed by atoms with Crippen LogP contribution in [0.5, 0.6) is 0 Å². The highest BCUT2D eigenvalue weighted by Crippen LogP contribution is 2.70. The van der Waals surface area contributed by atoms with Crippen molar-refractivity contribution in [3.63, 3.8) is 0 Å². The van der Waals surface area contributed by atoms with Gasteiger partial charge in [0.2, 0.25) is 0 Å². The Morgan fingerprint density at radius 1 is 1.05 bits per heavy atom. The molecule has 4 aliphatic carbocycles. The zero-order valence-electron chi connectivity index (χ0n) is 24.6. The Hall–Kier alpha value is -0.830. The summed E-state index contributed by atoms with van der Waals surface area (Å²) in [6, 6.07) is 0. The summed E-state index contributed by atoms with van der Waals surface area (Å²) < 4.78 is 13.2. The number of hydrogen-bond acceptors (Lipinski definition) is 7. The first kappa shape index (κ1) is 28.7. The van der Waals surface area contributed by atoms with Crippen LogP contribution in [0.25, 0.3) is 0 Å². The fourth-order valence-corrected chi connectivity index (χ4v) is 9.56. The van der Waals surface area contributed by atoms with Crippen LogP contribution in [0.2, 0.25) is 0 Å². The number of hydrogen-bond donors (Lipinski definition) is 4. The van der Waals surface area contributed by atoms with Crippen molar-refractivity contribution in [3.05, 3.63) is 11.6 Å². The standard InChI is InChI=1S/C31H50O7/c1-17(26(2,3)35)13-25-30(8,38-27(4,5)37-25)24-10-12-31(36)19-14-21(32)20-15-22(33)23(34)16-28(20,6)18(19)9-11-29(24,31)7/h14,17-18,20,22-25,33-36H,9-13,15-16H2,1-8H3. The lowest BCUT2D eigenvalue weighted by Crippen LogP contribution is -2.62. The molecule has 0 aromatic carbocycles. The first-order valence-corrected chi connectivity index (χ1v) is 14.7. The molecule has 7 nitrogen and oxygen atoms in total. The molecule has 11 unspecified atom stereocenters. The maximum absolute atomic E-state index is 13.5. The van der Waals surface area contributed by atoms with Gasteiger partial charge in [0.05, 0.1) is 35.1 Å². The highest BCUT2D eigenvalue weighted by atomic mass is 16.8. The molecular weight excluding hydrogens is 484 g/mol. The van der Waals surface area contributed by atoms with E-state index < -0.39 is 45.6 Å². The van der Waals surface area contributed by atoms with Crippen LogP contribution in [-0.4, -0.2) is 67.1 Å². The first-order valence-electron chi connectivity index (χ1n) is 14.7. The molecule has 0 aromatic heterocycles. The molecule has 11 atom stereocenters. The molecule has 0 spiro atoms. The molecule has 5 rings (SSSR count). The van der Waals surface area contributed by atoms with Crippen LogP contribution in [0.4, 0.5) is 0 Å². The molecule has 4 N–H and O–H groups in total. The molecule has 4 fully saturated rings. The normalized spacial score (nSPS) is 51.2. The van der Waals surface area contributed by atoms with E-state index in [1.165, 1.54) is 0 Å². The third-order valence-electron chi connectivity index (χ3n) is 12.1. The molecule has 3 saturated carbocycles. The summed E-state index contributed by atoms with van der Waals surface area (Å²) >= 11 is 0. The number of carbonyl (C=O) groups is 1. The van der Waals surface area contributed by atoms with Crippen LogP contribution in [0, 0.1) is 34.5 Å². The summed E-state index contributed by atoms with van der Waals surface area (Å²) in [7, 11) is 0. The summed E-state index contributed by atoms with van der Waals surface area (Å²) in [6.07, 6.45) is 3.87. The van der Waals surface area contributed by atoms with E-state index in [9.17, 15) is 25.2 Å². The predicted molar refractivity (Wildman–Crippen MR) is 143 cm³/mol. The van der Waals surface area contributed by atoms with E-state index in [0.717, 1.165) is 24.8 Å². The third-order valence-corrected chi connectivity index (χ3v) is 12.1. The Morgan fingerprint density at radius 2 is 1.71 bits per heavy atom. The highest BCUT2D eigenvalue weighted by molar-refractivity contribution is 5.95. The number of rotatable bonds is 4. The Bertz CT molecular complexity index is 1010. The van der Waals surface area contributed by atoms with E-state index in [1.54, 1.807) is 6.08 Å². The molecular formula is C31H50O7. The molecule has 1 heterocycles. The number of fused-ring (bicyclic) bond motifs is 5. The Balaban J connectivity index is 1.51. The fraction of sp³-hybridized carbons (Fsp3) is 0.903. The van der Waals surface area contributed by atoms with E-state index in [4.69, 9.17) is 9.47 Å². The van der Waals surface area contributed by atoms with Crippen molar-refractivity contribution in [1.82, 2.24) is 0 Å². The summed E-state index contributed by atoms with van der Waals surface area (Å²) in [5.41, 5.74) is -2.88. The summed E-state index contributed by atoms with van der Waals surface area (Å²) in [6.45, 7) is 15.9. The van der Waals surface area contributed by atoms with Crippen molar-refractivity contribution in [2.45, 2.75) is 141 Å². The van der Waals surface area contributed by atoms with Crippen LogP contribution in [-0.2, 0) is 14.3 Å². The van der Waals surface area contributed by atoms with E-state index >= 15 is 0 Å². The van der Waals surface area contributed by atoms with Crippen LogP contribution < -0.4 is 0 Å². The highest BCUT2D eigenvalue weighted by Gasteiger charge is 2.71. The van der Waals surface area contributed by atoms with Crippen LogP contribution in [0.3, 0.4) is 0 Å². The molecule has 216 valence electrons. The first-order chi connectivity index (χ1) is 17.3. The second-order valence-corrected chi connectivity index (χ2v) is 15.2. The van der Waals surface area contributed by atoms with Gasteiger partial charge >= 0.3 is 0 Å². The smallest absolute Gasteiger partial charge is 0.164 e. The Labute approximate surface area is 228 Å². The quantitative estimate of drug-likeness (QED) is 0.432. The molecule has 0 aromatic rings. The average Bonchev–Trinajstić information content (AvgIpc) is 3.19. The lowest BCUT2D eigenvalue weighted by atomic mass is 9.45. The number of carbonyl (C=O) groups excluding carboxylic acids is 1. The minimum Gasteiger partial charge on any atom is -0.390 e. The van der Waals surface area contributed by atoms with Crippen LogP contribution >= 0.6 is 0 Å². The van der Waals surface area contributed by atoms with Crippen LogP contribution in [0.15, 0.2) is 11.6 Å². The molecule has 0 bridgehead atoms. The molecule has 38 heavy (non-hydrogen) atoms. The summed E-state index contributed by atoms with van der Waals surface area (Å²) in [4.78, 5) is 13.5. The Morgan fingerprint density at radius 3 is 2.34 bits per heavy atom. The van der Waals surface area contributed by atoms with Crippen LogP contribution in [0.1, 0.15) is 100 Å². The van der Waals surface area contributed by atoms with Crippen molar-refractivity contribution in [2.24, 2.45) is 34.5 Å². The minimum atomic E-state index is -1.16. The predicted octanol–water partition coefficient (Wildman–Crippen LogP) is 3.90. The van der Waals surface area contributed by atoms with Gasteiger partial charge in [-0.1, -0.05) is 20.8 Å². The number of aliphatic hydroxyl groups excluding tert-OH is 2. The average molecular weight is 535 g/mol. The molecule has 5 aliphatic rings. The maximum Gasteiger partial charge on any atom is 0.164 e. The molecule has 1 aliphatic heterocycles. The van der Waals surface area contributed by atoms with Gasteiger partial charge in [0.15, 0.2) is 11.6 Å².